The van der Waals surface area contributed by atoms with Crippen molar-refractivity contribution in [3.8, 4) is 0 Å². The van der Waals surface area contributed by atoms with Crippen molar-refractivity contribution in [1.29, 1.82) is 0 Å². The van der Waals surface area contributed by atoms with Gasteiger partial charge in [-0.2, -0.15) is 0 Å². The molecule has 0 aromatic carbocycles. The number of aryl methyl sites for hydroxylation is 1. The maximum absolute atomic E-state index is 13.4. The van der Waals surface area contributed by atoms with E-state index in [1.165, 1.54) is 0 Å². The van der Waals surface area contributed by atoms with E-state index < -0.39 is 5.41 Å². The topological polar surface area (TPSA) is 82.5 Å². The first-order valence-corrected chi connectivity index (χ1v) is 10.9. The van der Waals surface area contributed by atoms with E-state index in [2.05, 4.69) is 19.9 Å². The average Bonchev–Trinajstić information content (AvgIpc) is 3.27. The second-order valence-electron chi connectivity index (χ2n) is 9.20. The molecule has 3 aliphatic heterocycles. The second kappa shape index (κ2) is 7.28. The highest BCUT2D eigenvalue weighted by atomic mass is 16.2. The summed E-state index contributed by atoms with van der Waals surface area (Å²) in [6.45, 7) is 5.34. The molecule has 8 heteroatoms. The smallest absolute Gasteiger partial charge is 0.272 e. The lowest BCUT2D eigenvalue weighted by Crippen LogP contribution is -2.53. The molecule has 0 N–H and O–H groups in total. The van der Waals surface area contributed by atoms with E-state index in [4.69, 9.17) is 0 Å². The lowest BCUT2D eigenvalue weighted by molar-refractivity contribution is -0.140. The summed E-state index contributed by atoms with van der Waals surface area (Å²) in [5.74, 6) is 0.887. The Hall–Kier alpha value is -3.03. The lowest BCUT2D eigenvalue weighted by Gasteiger charge is -2.46. The predicted molar refractivity (Wildman–Crippen MR) is 115 cm³/mol. The van der Waals surface area contributed by atoms with Gasteiger partial charge in [-0.15, -0.1) is 0 Å². The molecule has 31 heavy (non-hydrogen) atoms. The third-order valence-corrected chi connectivity index (χ3v) is 7.55. The molecule has 3 saturated heterocycles. The van der Waals surface area contributed by atoms with Gasteiger partial charge in [0, 0.05) is 63.3 Å². The fourth-order valence-electron chi connectivity index (χ4n) is 5.83. The maximum Gasteiger partial charge on any atom is 0.272 e. The number of piperidine rings is 1. The second-order valence-corrected chi connectivity index (χ2v) is 9.20. The Morgan fingerprint density at radius 2 is 1.74 bits per heavy atom. The number of likely N-dealkylation sites (tertiary alicyclic amines) is 2. The summed E-state index contributed by atoms with van der Waals surface area (Å²) in [6, 6.07) is 7.36. The van der Waals surface area contributed by atoms with E-state index in [9.17, 15) is 9.59 Å². The first-order chi connectivity index (χ1) is 14.9. The summed E-state index contributed by atoms with van der Waals surface area (Å²) in [7, 11) is 1.90. The first-order valence-electron chi connectivity index (χ1n) is 10.9. The number of fused-ring (bicyclic) bond motifs is 1. The lowest BCUT2D eigenvalue weighted by atomic mass is 9.60. The van der Waals surface area contributed by atoms with Gasteiger partial charge in [0.1, 0.15) is 5.69 Å². The van der Waals surface area contributed by atoms with Crippen molar-refractivity contribution >= 4 is 17.8 Å². The zero-order chi connectivity index (χ0) is 21.6. The number of aromatic nitrogens is 3. The molecule has 5 heterocycles. The van der Waals surface area contributed by atoms with Gasteiger partial charge in [-0.25, -0.2) is 15.0 Å². The van der Waals surface area contributed by atoms with Gasteiger partial charge in [-0.1, -0.05) is 6.07 Å². The van der Waals surface area contributed by atoms with Crippen molar-refractivity contribution in [3.05, 3.63) is 48.0 Å². The number of carbonyl (C=O) groups is 2. The summed E-state index contributed by atoms with van der Waals surface area (Å²) < 4.78 is 0. The molecule has 162 valence electrons. The van der Waals surface area contributed by atoms with Crippen molar-refractivity contribution in [2.24, 2.45) is 10.8 Å². The van der Waals surface area contributed by atoms with Crippen LogP contribution in [0.25, 0.3) is 0 Å². The minimum atomic E-state index is -0.433. The third kappa shape index (κ3) is 3.07. The number of anilines is 1. The predicted octanol–water partition coefficient (Wildman–Crippen LogP) is 1.77. The van der Waals surface area contributed by atoms with Crippen LogP contribution in [0.3, 0.4) is 0 Å². The molecular weight excluding hydrogens is 392 g/mol. The Morgan fingerprint density at radius 1 is 1.00 bits per heavy atom. The van der Waals surface area contributed by atoms with Crippen LogP contribution in [-0.4, -0.2) is 76.3 Å². The molecule has 3 aliphatic rings. The van der Waals surface area contributed by atoms with E-state index >= 15 is 0 Å². The minimum absolute atomic E-state index is 0.0243. The quantitative estimate of drug-likeness (QED) is 0.737. The standard InChI is InChI=1S/C23H28N6O2/c1-17-5-3-6-18(26-17)19(30)28-13-7-22(8-14-28)15-29(21-24-10-4-11-25-21)16-23(22)9-12-27(2)20(23)31/h3-6,10-11H,7-9,12-16H2,1-2H3/t23-/m0/s1. The van der Waals surface area contributed by atoms with Crippen molar-refractivity contribution < 1.29 is 9.59 Å². The van der Waals surface area contributed by atoms with Crippen molar-refractivity contribution in [2.75, 3.05) is 44.7 Å². The highest BCUT2D eigenvalue weighted by molar-refractivity contribution is 5.92. The van der Waals surface area contributed by atoms with Crippen LogP contribution in [0.15, 0.2) is 36.7 Å². The van der Waals surface area contributed by atoms with Crippen molar-refractivity contribution in [1.82, 2.24) is 24.8 Å². The number of amides is 2. The molecule has 3 fully saturated rings. The van der Waals surface area contributed by atoms with E-state index in [0.29, 0.717) is 31.3 Å². The largest absolute Gasteiger partial charge is 0.345 e. The molecule has 5 rings (SSSR count). The van der Waals surface area contributed by atoms with Gasteiger partial charge < -0.3 is 14.7 Å². The molecule has 2 aromatic rings. The molecule has 1 atom stereocenters. The summed E-state index contributed by atoms with van der Waals surface area (Å²) in [4.78, 5) is 45.7. The van der Waals surface area contributed by atoms with Gasteiger partial charge in [0.25, 0.3) is 5.91 Å². The Kier molecular flexibility index (Phi) is 4.68. The highest BCUT2D eigenvalue weighted by Crippen LogP contribution is 2.58. The molecule has 2 amide bonds. The van der Waals surface area contributed by atoms with Crippen molar-refractivity contribution in [2.45, 2.75) is 26.2 Å². The summed E-state index contributed by atoms with van der Waals surface area (Å²) in [5, 5.41) is 0. The Balaban J connectivity index is 1.41. The number of rotatable bonds is 2. The monoisotopic (exact) mass is 420 g/mol. The van der Waals surface area contributed by atoms with Crippen LogP contribution in [0.2, 0.25) is 0 Å². The molecule has 0 bridgehead atoms. The van der Waals surface area contributed by atoms with Crippen molar-refractivity contribution in [3.63, 3.8) is 0 Å². The van der Waals surface area contributed by atoms with E-state index in [-0.39, 0.29) is 17.2 Å². The van der Waals surface area contributed by atoms with E-state index in [1.807, 2.05) is 42.0 Å². The molecule has 2 spiro atoms. The zero-order valence-corrected chi connectivity index (χ0v) is 18.1. The SMILES string of the molecule is Cc1cccc(C(=O)N2CCC3(CC2)CN(c2ncccn2)C[C@]32CCN(C)C2=O)n1. The molecule has 8 nitrogen and oxygen atoms in total. The fourth-order valence-corrected chi connectivity index (χ4v) is 5.83. The summed E-state index contributed by atoms with van der Waals surface area (Å²) in [6.07, 6.45) is 5.94. The van der Waals surface area contributed by atoms with Crippen LogP contribution in [0.1, 0.15) is 35.4 Å². The van der Waals surface area contributed by atoms with Gasteiger partial charge in [0.2, 0.25) is 11.9 Å². The fraction of sp³-hybridized carbons (Fsp3) is 0.522. The molecular formula is C23H28N6O2. The molecule has 0 radical (unpaired) electrons. The number of carbonyl (C=O) groups excluding carboxylic acids is 2. The number of hydrogen-bond donors (Lipinski definition) is 0. The van der Waals surface area contributed by atoms with Crippen LogP contribution in [-0.2, 0) is 4.79 Å². The third-order valence-electron chi connectivity index (χ3n) is 7.55. The highest BCUT2D eigenvalue weighted by Gasteiger charge is 2.65. The van der Waals surface area contributed by atoms with Crippen LogP contribution >= 0.6 is 0 Å². The summed E-state index contributed by atoms with van der Waals surface area (Å²) >= 11 is 0. The Labute approximate surface area is 182 Å². The van der Waals surface area contributed by atoms with E-state index in [1.54, 1.807) is 18.5 Å². The number of pyridine rings is 1. The molecule has 2 aromatic heterocycles. The van der Waals surface area contributed by atoms with Crippen LogP contribution in [0, 0.1) is 17.8 Å². The number of hydrogen-bond acceptors (Lipinski definition) is 6. The van der Waals surface area contributed by atoms with Crippen LogP contribution in [0.4, 0.5) is 5.95 Å². The Morgan fingerprint density at radius 3 is 2.39 bits per heavy atom. The first kappa shape index (κ1) is 19.9. The van der Waals surface area contributed by atoms with Gasteiger partial charge in [0.15, 0.2) is 0 Å². The van der Waals surface area contributed by atoms with Crippen LogP contribution in [0.5, 0.6) is 0 Å². The summed E-state index contributed by atoms with van der Waals surface area (Å²) in [5.41, 5.74) is 0.725. The van der Waals surface area contributed by atoms with Crippen LogP contribution < -0.4 is 4.90 Å². The van der Waals surface area contributed by atoms with Gasteiger partial charge in [-0.05, 0) is 44.4 Å². The molecule has 0 saturated carbocycles. The van der Waals surface area contributed by atoms with E-state index in [0.717, 1.165) is 38.0 Å². The normalized spacial score (nSPS) is 25.1. The van der Waals surface area contributed by atoms with Gasteiger partial charge >= 0.3 is 0 Å². The average molecular weight is 421 g/mol. The zero-order valence-electron chi connectivity index (χ0n) is 18.1. The van der Waals surface area contributed by atoms with Gasteiger partial charge in [-0.3, -0.25) is 9.59 Å². The molecule has 0 unspecified atom stereocenters. The minimum Gasteiger partial charge on any atom is -0.345 e. The number of nitrogens with zero attached hydrogens (tertiary/aromatic N) is 6. The molecule has 0 aliphatic carbocycles. The van der Waals surface area contributed by atoms with Gasteiger partial charge in [0.05, 0.1) is 5.41 Å². The Bertz CT molecular complexity index is 1000. The maximum atomic E-state index is 13.4.